The summed E-state index contributed by atoms with van der Waals surface area (Å²) in [5.74, 6) is -0.0299. The average molecular weight is 437 g/mol. The number of benzene rings is 2. The van der Waals surface area contributed by atoms with E-state index >= 15 is 0 Å². The van der Waals surface area contributed by atoms with E-state index in [0.717, 1.165) is 34.8 Å². The Morgan fingerprint density at radius 2 is 1.75 bits per heavy atom. The van der Waals surface area contributed by atoms with Gasteiger partial charge in [-0.2, -0.15) is 5.10 Å². The number of nitro groups is 2. The molecule has 3 rings (SSSR count). The maximum atomic E-state index is 11.3. The van der Waals surface area contributed by atoms with Gasteiger partial charge in [0.25, 0.3) is 5.69 Å². The minimum Gasteiger partial charge on any atom is -0.450 e. The van der Waals surface area contributed by atoms with E-state index in [4.69, 9.17) is 4.74 Å². The van der Waals surface area contributed by atoms with Gasteiger partial charge in [-0.15, -0.1) is 0 Å². The predicted octanol–water partition coefficient (Wildman–Crippen LogP) is 4.17. The molecule has 11 heteroatoms. The summed E-state index contributed by atoms with van der Waals surface area (Å²) in [5.41, 5.74) is 4.96. The molecule has 0 radical (unpaired) electrons. The number of nitro benzene ring substituents is 2. The highest BCUT2D eigenvalue weighted by molar-refractivity contribution is 5.83. The van der Waals surface area contributed by atoms with Crippen molar-refractivity contribution in [2.45, 2.75) is 20.8 Å². The molecule has 0 saturated heterocycles. The van der Waals surface area contributed by atoms with Crippen LogP contribution in [-0.2, 0) is 4.79 Å². The van der Waals surface area contributed by atoms with Crippen molar-refractivity contribution in [2.75, 3.05) is 0 Å². The number of rotatable bonds is 7. The van der Waals surface area contributed by atoms with Gasteiger partial charge in [0.15, 0.2) is 0 Å². The fourth-order valence-corrected chi connectivity index (χ4v) is 3.15. The standard InChI is InChI=1S/C21H19N5O6/c1-13-10-16(12-22-23-15(3)27)14(2)24(13)17-4-7-19(8-5-17)32-21-9-6-18(25(28)29)11-20(21)26(30)31/h4-12H,1-3H3,(H,23,27)/b22-12-. The molecule has 1 N–H and O–H groups in total. The molecule has 0 fully saturated rings. The van der Waals surface area contributed by atoms with Crippen molar-refractivity contribution in [2.24, 2.45) is 5.10 Å². The lowest BCUT2D eigenvalue weighted by molar-refractivity contribution is -0.394. The molecule has 32 heavy (non-hydrogen) atoms. The molecule has 1 heterocycles. The number of carbonyl (C=O) groups excluding carboxylic acids is 1. The first kappa shape index (κ1) is 22.2. The molecule has 0 aliphatic carbocycles. The molecule has 0 aliphatic heterocycles. The third-order valence-corrected chi connectivity index (χ3v) is 4.57. The maximum Gasteiger partial charge on any atom is 0.318 e. The lowest BCUT2D eigenvalue weighted by Gasteiger charge is -2.11. The van der Waals surface area contributed by atoms with E-state index in [1.807, 2.05) is 24.5 Å². The van der Waals surface area contributed by atoms with E-state index in [1.54, 1.807) is 30.5 Å². The van der Waals surface area contributed by atoms with Crippen LogP contribution in [0.5, 0.6) is 11.5 Å². The first-order valence-electron chi connectivity index (χ1n) is 9.37. The molecule has 3 aromatic rings. The van der Waals surface area contributed by atoms with Gasteiger partial charge >= 0.3 is 5.69 Å². The zero-order valence-corrected chi connectivity index (χ0v) is 17.4. The molecule has 1 amide bonds. The van der Waals surface area contributed by atoms with Crippen LogP contribution in [0.3, 0.4) is 0 Å². The number of amides is 1. The van der Waals surface area contributed by atoms with Gasteiger partial charge in [0.1, 0.15) is 5.75 Å². The van der Waals surface area contributed by atoms with Crippen LogP contribution < -0.4 is 10.2 Å². The number of aromatic nitrogens is 1. The maximum absolute atomic E-state index is 11.3. The van der Waals surface area contributed by atoms with Crippen LogP contribution in [0, 0.1) is 34.1 Å². The fourth-order valence-electron chi connectivity index (χ4n) is 3.15. The third-order valence-electron chi connectivity index (χ3n) is 4.57. The van der Waals surface area contributed by atoms with E-state index in [-0.39, 0.29) is 11.7 Å². The van der Waals surface area contributed by atoms with Crippen LogP contribution in [-0.4, -0.2) is 26.5 Å². The fraction of sp³-hybridized carbons (Fsp3) is 0.143. The summed E-state index contributed by atoms with van der Waals surface area (Å²) in [7, 11) is 0. The molecule has 0 saturated carbocycles. The Labute approximate surface area is 182 Å². The van der Waals surface area contributed by atoms with E-state index in [9.17, 15) is 25.0 Å². The minimum atomic E-state index is -0.729. The summed E-state index contributed by atoms with van der Waals surface area (Å²) in [4.78, 5) is 31.7. The van der Waals surface area contributed by atoms with Gasteiger partial charge in [-0.05, 0) is 50.2 Å². The van der Waals surface area contributed by atoms with E-state index < -0.39 is 21.2 Å². The van der Waals surface area contributed by atoms with Crippen molar-refractivity contribution in [3.63, 3.8) is 0 Å². The number of hydrazone groups is 1. The summed E-state index contributed by atoms with van der Waals surface area (Å²) in [6.07, 6.45) is 1.56. The van der Waals surface area contributed by atoms with Crippen LogP contribution in [0.2, 0.25) is 0 Å². The van der Waals surface area contributed by atoms with Crippen molar-refractivity contribution < 1.29 is 19.4 Å². The lowest BCUT2D eigenvalue weighted by Crippen LogP contribution is -2.12. The number of nitrogens with zero attached hydrogens (tertiary/aromatic N) is 4. The highest BCUT2D eigenvalue weighted by Gasteiger charge is 2.21. The molecule has 0 atom stereocenters. The summed E-state index contributed by atoms with van der Waals surface area (Å²) >= 11 is 0. The summed E-state index contributed by atoms with van der Waals surface area (Å²) in [5, 5.41) is 26.1. The minimum absolute atomic E-state index is 0.0989. The first-order valence-corrected chi connectivity index (χ1v) is 9.37. The van der Waals surface area contributed by atoms with Crippen LogP contribution in [0.15, 0.2) is 53.6 Å². The van der Waals surface area contributed by atoms with E-state index in [2.05, 4.69) is 10.5 Å². The second kappa shape index (κ2) is 9.08. The number of carbonyl (C=O) groups is 1. The highest BCUT2D eigenvalue weighted by Crippen LogP contribution is 2.34. The van der Waals surface area contributed by atoms with Gasteiger partial charge in [0.2, 0.25) is 11.7 Å². The molecular weight excluding hydrogens is 418 g/mol. The highest BCUT2D eigenvalue weighted by atomic mass is 16.6. The van der Waals surface area contributed by atoms with Crippen molar-refractivity contribution in [3.8, 4) is 17.2 Å². The average Bonchev–Trinajstić information content (AvgIpc) is 3.01. The molecule has 0 spiro atoms. The molecule has 1 aromatic heterocycles. The summed E-state index contributed by atoms with van der Waals surface area (Å²) < 4.78 is 7.58. The van der Waals surface area contributed by atoms with Crippen LogP contribution >= 0.6 is 0 Å². The van der Waals surface area contributed by atoms with Gasteiger partial charge in [0, 0.05) is 35.6 Å². The Kier molecular flexibility index (Phi) is 6.29. The van der Waals surface area contributed by atoms with Gasteiger partial charge in [0.05, 0.1) is 22.1 Å². The van der Waals surface area contributed by atoms with Crippen molar-refractivity contribution in [1.29, 1.82) is 0 Å². The first-order chi connectivity index (χ1) is 15.2. The Morgan fingerprint density at radius 1 is 1.06 bits per heavy atom. The smallest absolute Gasteiger partial charge is 0.318 e. The Hall–Kier alpha value is -4.54. The van der Waals surface area contributed by atoms with Gasteiger partial charge in [-0.3, -0.25) is 25.0 Å². The number of ether oxygens (including phenoxy) is 1. The molecule has 0 unspecified atom stereocenters. The van der Waals surface area contributed by atoms with Crippen molar-refractivity contribution in [3.05, 3.63) is 85.7 Å². The number of aryl methyl sites for hydroxylation is 1. The largest absolute Gasteiger partial charge is 0.450 e. The molecule has 11 nitrogen and oxygen atoms in total. The van der Waals surface area contributed by atoms with E-state index in [0.29, 0.717) is 5.75 Å². The number of hydrogen-bond donors (Lipinski definition) is 1. The lowest BCUT2D eigenvalue weighted by atomic mass is 10.2. The van der Waals surface area contributed by atoms with Crippen LogP contribution in [0.4, 0.5) is 11.4 Å². The molecular formula is C21H19N5O6. The predicted molar refractivity (Wildman–Crippen MR) is 116 cm³/mol. The monoisotopic (exact) mass is 437 g/mol. The number of nitrogens with one attached hydrogen (secondary N) is 1. The Balaban J connectivity index is 1.86. The number of hydrogen-bond acceptors (Lipinski definition) is 7. The molecule has 2 aromatic carbocycles. The van der Waals surface area contributed by atoms with E-state index in [1.165, 1.54) is 13.0 Å². The van der Waals surface area contributed by atoms with Gasteiger partial charge in [-0.1, -0.05) is 0 Å². The zero-order valence-electron chi connectivity index (χ0n) is 17.4. The SMILES string of the molecule is CC(=O)N/N=C\c1cc(C)n(-c2ccc(Oc3ccc([N+](=O)[O-])cc3[N+](=O)[O-])cc2)c1C. The number of non-ortho nitro benzene ring substituents is 1. The van der Waals surface area contributed by atoms with Crippen LogP contribution in [0.1, 0.15) is 23.9 Å². The molecule has 0 bridgehead atoms. The summed E-state index contributed by atoms with van der Waals surface area (Å²) in [6.45, 7) is 5.20. The topological polar surface area (TPSA) is 142 Å². The van der Waals surface area contributed by atoms with Crippen LogP contribution in [0.25, 0.3) is 5.69 Å². The van der Waals surface area contributed by atoms with Crippen molar-refractivity contribution >= 4 is 23.5 Å². The quantitative estimate of drug-likeness (QED) is 0.334. The second-order valence-electron chi connectivity index (χ2n) is 6.85. The third kappa shape index (κ3) is 4.78. The van der Waals surface area contributed by atoms with Gasteiger partial charge < -0.3 is 9.30 Å². The zero-order chi connectivity index (χ0) is 23.4. The molecule has 0 aliphatic rings. The van der Waals surface area contributed by atoms with Crippen molar-refractivity contribution in [1.82, 2.24) is 9.99 Å². The summed E-state index contributed by atoms with van der Waals surface area (Å²) in [6, 6.07) is 12.0. The molecule has 164 valence electrons. The second-order valence-corrected chi connectivity index (χ2v) is 6.85. The Bertz CT molecular complexity index is 1230. The normalized spacial score (nSPS) is 10.8. The Morgan fingerprint density at radius 3 is 2.34 bits per heavy atom. The van der Waals surface area contributed by atoms with Gasteiger partial charge in [-0.25, -0.2) is 5.43 Å².